The number of hydrogen-bond acceptors (Lipinski definition) is 2. The standard InChI is InChI=1S/C14H10ClF2NO2/c15-12-7-10(4-5-13(12)17)18-14(19)8-20-11-3-1-2-9(16)6-11/h1-7H,8H2,(H,18,19). The fraction of sp³-hybridized carbons (Fsp3) is 0.0714. The molecule has 0 aliphatic rings. The molecule has 0 radical (unpaired) electrons. The van der Waals surface area contributed by atoms with E-state index in [1.54, 1.807) is 0 Å². The van der Waals surface area contributed by atoms with Crippen molar-refractivity contribution in [2.24, 2.45) is 0 Å². The van der Waals surface area contributed by atoms with E-state index in [0.29, 0.717) is 5.69 Å². The van der Waals surface area contributed by atoms with Gasteiger partial charge in [0.05, 0.1) is 5.02 Å². The second kappa shape index (κ2) is 6.34. The van der Waals surface area contributed by atoms with Gasteiger partial charge in [-0.2, -0.15) is 0 Å². The summed E-state index contributed by atoms with van der Waals surface area (Å²) < 4.78 is 30.9. The SMILES string of the molecule is O=C(COc1cccc(F)c1)Nc1ccc(F)c(Cl)c1. The molecule has 0 spiro atoms. The van der Waals surface area contributed by atoms with Crippen LogP contribution in [0.2, 0.25) is 5.02 Å². The van der Waals surface area contributed by atoms with Crippen molar-refractivity contribution in [1.82, 2.24) is 0 Å². The summed E-state index contributed by atoms with van der Waals surface area (Å²) in [6, 6.07) is 9.26. The molecule has 1 amide bonds. The first-order chi connectivity index (χ1) is 9.54. The van der Waals surface area contributed by atoms with E-state index in [1.807, 2.05) is 0 Å². The Morgan fingerprint density at radius 1 is 1.20 bits per heavy atom. The average molecular weight is 298 g/mol. The summed E-state index contributed by atoms with van der Waals surface area (Å²) in [5.41, 5.74) is 0.351. The molecule has 0 aromatic heterocycles. The van der Waals surface area contributed by atoms with Gasteiger partial charge < -0.3 is 10.1 Å². The monoisotopic (exact) mass is 297 g/mol. The number of ether oxygens (including phenoxy) is 1. The molecule has 2 aromatic carbocycles. The van der Waals surface area contributed by atoms with Crippen LogP contribution in [0.4, 0.5) is 14.5 Å². The fourth-order valence-corrected chi connectivity index (χ4v) is 1.66. The predicted molar refractivity (Wildman–Crippen MR) is 71.9 cm³/mol. The van der Waals surface area contributed by atoms with Crippen molar-refractivity contribution < 1.29 is 18.3 Å². The molecule has 2 aromatic rings. The molecule has 0 fully saturated rings. The summed E-state index contributed by atoms with van der Waals surface area (Å²) in [5.74, 6) is -1.23. The van der Waals surface area contributed by atoms with Crippen molar-refractivity contribution in [2.75, 3.05) is 11.9 Å². The van der Waals surface area contributed by atoms with E-state index in [-0.39, 0.29) is 17.4 Å². The Bertz CT molecular complexity index is 634. The molecule has 0 aliphatic heterocycles. The van der Waals surface area contributed by atoms with Gasteiger partial charge in [0, 0.05) is 11.8 Å². The van der Waals surface area contributed by atoms with Gasteiger partial charge >= 0.3 is 0 Å². The first kappa shape index (κ1) is 14.3. The van der Waals surface area contributed by atoms with Crippen molar-refractivity contribution in [3.8, 4) is 5.75 Å². The zero-order valence-electron chi connectivity index (χ0n) is 10.2. The molecule has 0 saturated carbocycles. The van der Waals surface area contributed by atoms with Crippen molar-refractivity contribution in [3.05, 3.63) is 59.1 Å². The Hall–Kier alpha value is -2.14. The van der Waals surface area contributed by atoms with Gasteiger partial charge in [0.2, 0.25) is 0 Å². The maximum Gasteiger partial charge on any atom is 0.262 e. The lowest BCUT2D eigenvalue weighted by Crippen LogP contribution is -2.20. The Kier molecular flexibility index (Phi) is 4.53. The number of amides is 1. The van der Waals surface area contributed by atoms with Crippen LogP contribution >= 0.6 is 11.6 Å². The van der Waals surface area contributed by atoms with Crippen LogP contribution in [0.3, 0.4) is 0 Å². The molecule has 0 aliphatic carbocycles. The molecule has 3 nitrogen and oxygen atoms in total. The minimum absolute atomic E-state index is 0.0890. The number of benzene rings is 2. The molecule has 0 bridgehead atoms. The Labute approximate surface area is 119 Å². The maximum absolute atomic E-state index is 12.9. The van der Waals surface area contributed by atoms with Crippen LogP contribution in [-0.4, -0.2) is 12.5 Å². The van der Waals surface area contributed by atoms with E-state index in [4.69, 9.17) is 16.3 Å². The Morgan fingerprint density at radius 3 is 2.70 bits per heavy atom. The van der Waals surface area contributed by atoms with Crippen LogP contribution < -0.4 is 10.1 Å². The topological polar surface area (TPSA) is 38.3 Å². The number of anilines is 1. The number of carbonyl (C=O) groups excluding carboxylic acids is 1. The minimum Gasteiger partial charge on any atom is -0.484 e. The molecular formula is C14H10ClF2NO2. The van der Waals surface area contributed by atoms with Gasteiger partial charge in [0.1, 0.15) is 17.4 Å². The van der Waals surface area contributed by atoms with E-state index in [9.17, 15) is 13.6 Å². The third-order valence-electron chi connectivity index (χ3n) is 2.37. The third kappa shape index (κ3) is 3.93. The highest BCUT2D eigenvalue weighted by Crippen LogP contribution is 2.19. The number of halogens is 3. The molecule has 0 unspecified atom stereocenters. The fourth-order valence-electron chi connectivity index (χ4n) is 1.48. The molecule has 6 heteroatoms. The lowest BCUT2D eigenvalue weighted by atomic mass is 10.3. The maximum atomic E-state index is 12.9. The van der Waals surface area contributed by atoms with Crippen LogP contribution in [-0.2, 0) is 4.79 Å². The second-order valence-electron chi connectivity index (χ2n) is 3.92. The van der Waals surface area contributed by atoms with Gasteiger partial charge in [-0.15, -0.1) is 0 Å². The molecule has 20 heavy (non-hydrogen) atoms. The summed E-state index contributed by atoms with van der Waals surface area (Å²) in [4.78, 5) is 11.6. The van der Waals surface area contributed by atoms with E-state index >= 15 is 0 Å². The van der Waals surface area contributed by atoms with Gasteiger partial charge in [-0.1, -0.05) is 17.7 Å². The molecule has 0 saturated heterocycles. The molecule has 2 rings (SSSR count). The summed E-state index contributed by atoms with van der Waals surface area (Å²) in [5, 5.41) is 2.40. The van der Waals surface area contributed by atoms with E-state index in [1.165, 1.54) is 36.4 Å². The Morgan fingerprint density at radius 2 is 2.00 bits per heavy atom. The van der Waals surface area contributed by atoms with E-state index < -0.39 is 17.5 Å². The second-order valence-corrected chi connectivity index (χ2v) is 4.33. The molecule has 0 heterocycles. The quantitative estimate of drug-likeness (QED) is 0.936. The predicted octanol–water partition coefficient (Wildman–Crippen LogP) is 3.64. The molecule has 1 N–H and O–H groups in total. The van der Waals surface area contributed by atoms with Crippen molar-refractivity contribution >= 4 is 23.2 Å². The van der Waals surface area contributed by atoms with Crippen molar-refractivity contribution in [1.29, 1.82) is 0 Å². The molecule has 104 valence electrons. The average Bonchev–Trinajstić information content (AvgIpc) is 2.41. The number of carbonyl (C=O) groups is 1. The van der Waals surface area contributed by atoms with Gasteiger partial charge in [-0.25, -0.2) is 8.78 Å². The van der Waals surface area contributed by atoms with Crippen LogP contribution in [0.5, 0.6) is 5.75 Å². The molecule has 0 atom stereocenters. The smallest absolute Gasteiger partial charge is 0.262 e. The first-order valence-corrected chi connectivity index (χ1v) is 6.05. The van der Waals surface area contributed by atoms with Gasteiger partial charge in [0.25, 0.3) is 5.91 Å². The molecular weight excluding hydrogens is 288 g/mol. The number of rotatable bonds is 4. The Balaban J connectivity index is 1.91. The summed E-state index contributed by atoms with van der Waals surface area (Å²) in [7, 11) is 0. The summed E-state index contributed by atoms with van der Waals surface area (Å²) in [6.45, 7) is -0.293. The summed E-state index contributed by atoms with van der Waals surface area (Å²) >= 11 is 5.59. The normalized spacial score (nSPS) is 10.2. The van der Waals surface area contributed by atoms with Crippen LogP contribution in [0, 0.1) is 11.6 Å². The highest BCUT2D eigenvalue weighted by molar-refractivity contribution is 6.31. The van der Waals surface area contributed by atoms with E-state index in [2.05, 4.69) is 5.32 Å². The lowest BCUT2D eigenvalue weighted by molar-refractivity contribution is -0.118. The minimum atomic E-state index is -0.569. The van der Waals surface area contributed by atoms with Crippen LogP contribution in [0.1, 0.15) is 0 Å². The van der Waals surface area contributed by atoms with Gasteiger partial charge in [-0.05, 0) is 30.3 Å². The number of nitrogens with one attached hydrogen (secondary N) is 1. The van der Waals surface area contributed by atoms with Gasteiger partial charge in [0.15, 0.2) is 6.61 Å². The first-order valence-electron chi connectivity index (χ1n) is 5.68. The van der Waals surface area contributed by atoms with E-state index in [0.717, 1.165) is 6.07 Å². The van der Waals surface area contributed by atoms with Crippen LogP contribution in [0.15, 0.2) is 42.5 Å². The highest BCUT2D eigenvalue weighted by Gasteiger charge is 2.06. The lowest BCUT2D eigenvalue weighted by Gasteiger charge is -2.08. The highest BCUT2D eigenvalue weighted by atomic mass is 35.5. The van der Waals surface area contributed by atoms with Gasteiger partial charge in [-0.3, -0.25) is 4.79 Å². The zero-order valence-corrected chi connectivity index (χ0v) is 11.0. The summed E-state index contributed by atoms with van der Waals surface area (Å²) in [6.07, 6.45) is 0. The third-order valence-corrected chi connectivity index (χ3v) is 2.66. The number of hydrogen-bond donors (Lipinski definition) is 1. The zero-order chi connectivity index (χ0) is 14.5. The van der Waals surface area contributed by atoms with Crippen LogP contribution in [0.25, 0.3) is 0 Å². The van der Waals surface area contributed by atoms with Crippen molar-refractivity contribution in [3.63, 3.8) is 0 Å². The largest absolute Gasteiger partial charge is 0.484 e. The van der Waals surface area contributed by atoms with Crippen molar-refractivity contribution in [2.45, 2.75) is 0 Å².